The van der Waals surface area contributed by atoms with Crippen LogP contribution < -0.4 is 4.65 Å². The van der Waals surface area contributed by atoms with Crippen molar-refractivity contribution in [3.05, 3.63) is 54.2 Å². The zero-order chi connectivity index (χ0) is 23.4. The molecule has 2 heterocycles. The van der Waals surface area contributed by atoms with E-state index in [1.54, 1.807) is 25.0 Å². The zero-order valence-electron chi connectivity index (χ0n) is 19.9. The van der Waals surface area contributed by atoms with Crippen LogP contribution >= 0.6 is 0 Å². The number of rotatable bonds is 14. The first-order valence-corrected chi connectivity index (χ1v) is 12.1. The van der Waals surface area contributed by atoms with Gasteiger partial charge in [-0.2, -0.15) is 4.98 Å². The topological polar surface area (TPSA) is 78.2 Å². The maximum Gasteiger partial charge on any atom is 0.256 e. The molecule has 0 aliphatic carbocycles. The van der Waals surface area contributed by atoms with E-state index in [1.807, 2.05) is 6.08 Å². The van der Waals surface area contributed by atoms with Gasteiger partial charge in [-0.3, -0.25) is 4.79 Å². The van der Waals surface area contributed by atoms with E-state index in [9.17, 15) is 15.1 Å². The lowest BCUT2D eigenvalue weighted by atomic mass is 9.96. The molecular formula is C26H41N3O3. The monoisotopic (exact) mass is 443 g/mol. The second-order valence-corrected chi connectivity index (χ2v) is 9.22. The molecule has 0 bridgehead atoms. The van der Waals surface area contributed by atoms with Crippen LogP contribution in [0.4, 0.5) is 5.82 Å². The van der Waals surface area contributed by atoms with Crippen molar-refractivity contribution in [2.24, 2.45) is 13.0 Å². The van der Waals surface area contributed by atoms with Crippen molar-refractivity contribution in [2.75, 3.05) is 13.6 Å². The number of ketones is 1. The summed E-state index contributed by atoms with van der Waals surface area (Å²) >= 11 is 0. The summed E-state index contributed by atoms with van der Waals surface area (Å²) in [5.41, 5.74) is 0.467. The Morgan fingerprint density at radius 3 is 2.75 bits per heavy atom. The number of carbonyl (C=O) groups is 1. The molecule has 3 atom stereocenters. The first kappa shape index (κ1) is 26.2. The third-order valence-corrected chi connectivity index (χ3v) is 6.14. The highest BCUT2D eigenvalue weighted by atomic mass is 16.5. The molecule has 0 fully saturated rings. The number of nitrogens with zero attached hydrogens (tertiary/aromatic N) is 3. The van der Waals surface area contributed by atoms with Crippen LogP contribution in [0, 0.1) is 11.1 Å². The maximum atomic E-state index is 13.0. The second kappa shape index (κ2) is 13.5. The number of carbonyl (C=O) groups excluding carboxylic acids is 1. The fourth-order valence-electron chi connectivity index (χ4n) is 4.37. The van der Waals surface area contributed by atoms with E-state index >= 15 is 0 Å². The van der Waals surface area contributed by atoms with Crippen LogP contribution in [0.2, 0.25) is 0 Å². The molecule has 2 rings (SSSR count). The number of aromatic nitrogens is 2. The van der Waals surface area contributed by atoms with E-state index in [2.05, 4.69) is 35.9 Å². The summed E-state index contributed by atoms with van der Waals surface area (Å²) in [6, 6.07) is 0. The fraction of sp³-hybridized carbons (Fsp3) is 0.615. The molecule has 1 aliphatic rings. The van der Waals surface area contributed by atoms with Gasteiger partial charge in [0.25, 0.3) is 5.82 Å². The standard InChI is InChI=1S/C26H41N3O3/c1-4-5-6-10-14-17-23(30)18-15-12-9-7-8-11-13-16-22-19-24(31)25-26(27-21-28(25)2)29(3,32)20-22/h4,8,10-11,14,21-23,30H,1,5-7,9,12-13,15-20H2,2-3H3/b11-8+,14-10+. The van der Waals surface area contributed by atoms with Gasteiger partial charge >= 0.3 is 0 Å². The van der Waals surface area contributed by atoms with Crippen LogP contribution in [-0.4, -0.2) is 40.1 Å². The number of unbranched alkanes of at least 4 members (excludes halogenated alkanes) is 4. The summed E-state index contributed by atoms with van der Waals surface area (Å²) < 4.78 is 1.10. The number of imidazole rings is 1. The number of aliphatic hydroxyl groups excluding tert-OH is 1. The van der Waals surface area contributed by atoms with Crippen LogP contribution in [-0.2, 0) is 7.05 Å². The summed E-state index contributed by atoms with van der Waals surface area (Å²) in [6.45, 7) is 4.10. The van der Waals surface area contributed by atoms with Gasteiger partial charge in [0.05, 0.1) is 19.7 Å². The molecule has 0 saturated carbocycles. The summed E-state index contributed by atoms with van der Waals surface area (Å²) in [7, 11) is 3.37. The molecule has 1 N–H and O–H groups in total. The number of hydrogen-bond acceptors (Lipinski definition) is 4. The summed E-state index contributed by atoms with van der Waals surface area (Å²) in [6.07, 6.45) is 21.9. The molecule has 0 aromatic carbocycles. The first-order chi connectivity index (χ1) is 15.3. The normalized spacial score (nSPS) is 22.4. The van der Waals surface area contributed by atoms with Crippen molar-refractivity contribution in [3.63, 3.8) is 0 Å². The molecule has 1 aromatic rings. The van der Waals surface area contributed by atoms with Crippen LogP contribution in [0.1, 0.15) is 81.1 Å². The van der Waals surface area contributed by atoms with Gasteiger partial charge in [0.2, 0.25) is 0 Å². The van der Waals surface area contributed by atoms with Crippen LogP contribution in [0.3, 0.4) is 0 Å². The van der Waals surface area contributed by atoms with E-state index in [-0.39, 0.29) is 17.8 Å². The molecular weight excluding hydrogens is 402 g/mol. The lowest BCUT2D eigenvalue weighted by molar-refractivity contribution is 0.0955. The van der Waals surface area contributed by atoms with Crippen LogP contribution in [0.5, 0.6) is 0 Å². The predicted molar refractivity (Wildman–Crippen MR) is 132 cm³/mol. The van der Waals surface area contributed by atoms with Crippen molar-refractivity contribution in [3.8, 4) is 0 Å². The number of hydroxylamine groups is 2. The molecule has 0 amide bonds. The van der Waals surface area contributed by atoms with Crippen molar-refractivity contribution in [1.29, 1.82) is 0 Å². The number of aliphatic hydroxyl groups is 1. The minimum atomic E-state index is -0.577. The Bertz CT molecular complexity index is 779. The average Bonchev–Trinajstić information content (AvgIpc) is 3.10. The number of aryl methyl sites for hydroxylation is 1. The number of hydrogen-bond donors (Lipinski definition) is 1. The molecule has 32 heavy (non-hydrogen) atoms. The third kappa shape index (κ3) is 8.49. The van der Waals surface area contributed by atoms with E-state index in [1.165, 1.54) is 0 Å². The van der Waals surface area contributed by atoms with Gasteiger partial charge in [-0.25, -0.2) is 0 Å². The SMILES string of the molecule is C=CCC/C=C/CC(O)CCCCC/C=C/CCC1CC(=O)c2c(ncn2C)[N+](C)([O-])C1. The van der Waals surface area contributed by atoms with Crippen molar-refractivity contribution in [1.82, 2.24) is 14.2 Å². The van der Waals surface area contributed by atoms with Gasteiger partial charge in [-0.1, -0.05) is 43.2 Å². The maximum absolute atomic E-state index is 13.0. The molecule has 3 unspecified atom stereocenters. The highest BCUT2D eigenvalue weighted by Gasteiger charge is 2.35. The summed E-state index contributed by atoms with van der Waals surface area (Å²) in [5, 5.41) is 23.0. The third-order valence-electron chi connectivity index (χ3n) is 6.14. The van der Waals surface area contributed by atoms with Crippen molar-refractivity contribution >= 4 is 11.6 Å². The van der Waals surface area contributed by atoms with Crippen LogP contribution in [0.25, 0.3) is 0 Å². The van der Waals surface area contributed by atoms with Crippen LogP contribution in [0.15, 0.2) is 43.3 Å². The molecule has 6 nitrogen and oxygen atoms in total. The quantitative estimate of drug-likeness (QED) is 0.175. The smallest absolute Gasteiger partial charge is 0.256 e. The lowest BCUT2D eigenvalue weighted by Gasteiger charge is -2.37. The first-order valence-electron chi connectivity index (χ1n) is 12.1. The number of quaternary nitrogens is 1. The molecule has 1 aliphatic heterocycles. The zero-order valence-corrected chi connectivity index (χ0v) is 19.9. The Balaban J connectivity index is 1.58. The minimum Gasteiger partial charge on any atom is -0.626 e. The van der Waals surface area contributed by atoms with Crippen molar-refractivity contribution in [2.45, 2.75) is 76.7 Å². The van der Waals surface area contributed by atoms with Gasteiger partial charge in [0.15, 0.2) is 11.5 Å². The minimum absolute atomic E-state index is 0.0288. The number of allylic oxidation sites excluding steroid dienone is 4. The Morgan fingerprint density at radius 1 is 1.22 bits per heavy atom. The molecule has 1 aromatic heterocycles. The average molecular weight is 444 g/mol. The highest BCUT2D eigenvalue weighted by molar-refractivity contribution is 5.99. The Labute approximate surface area is 193 Å². The predicted octanol–water partition coefficient (Wildman–Crippen LogP) is 5.62. The van der Waals surface area contributed by atoms with E-state index in [0.717, 1.165) is 64.2 Å². The second-order valence-electron chi connectivity index (χ2n) is 9.22. The molecule has 178 valence electrons. The van der Waals surface area contributed by atoms with Gasteiger partial charge in [0.1, 0.15) is 6.33 Å². The Kier molecular flexibility index (Phi) is 11.1. The largest absolute Gasteiger partial charge is 0.626 e. The van der Waals surface area contributed by atoms with E-state index in [4.69, 9.17) is 0 Å². The summed E-state index contributed by atoms with van der Waals surface area (Å²) in [4.78, 5) is 16.8. The molecule has 0 radical (unpaired) electrons. The molecule has 0 saturated heterocycles. The fourth-order valence-corrected chi connectivity index (χ4v) is 4.37. The molecule has 0 spiro atoms. The van der Waals surface area contributed by atoms with Gasteiger partial charge in [0, 0.05) is 19.4 Å². The Morgan fingerprint density at radius 2 is 1.97 bits per heavy atom. The van der Waals surface area contributed by atoms with Crippen molar-refractivity contribution < 1.29 is 9.90 Å². The highest BCUT2D eigenvalue weighted by Crippen LogP contribution is 2.32. The lowest BCUT2D eigenvalue weighted by Crippen LogP contribution is -2.42. The van der Waals surface area contributed by atoms with Gasteiger partial charge < -0.3 is 19.5 Å². The van der Waals surface area contributed by atoms with E-state index < -0.39 is 4.65 Å². The van der Waals surface area contributed by atoms with Gasteiger partial charge in [-0.05, 0) is 51.4 Å². The number of fused-ring (bicyclic) bond motifs is 1. The Hall–Kier alpha value is -2.02. The summed E-state index contributed by atoms with van der Waals surface area (Å²) in [5.74, 6) is 0.460. The molecule has 6 heteroatoms. The van der Waals surface area contributed by atoms with E-state index in [0.29, 0.717) is 24.5 Å². The van der Waals surface area contributed by atoms with Gasteiger partial charge in [-0.15, -0.1) is 6.58 Å². The number of Topliss-reactive ketones (excluding diaryl/α,β-unsaturated/α-hetero) is 1.